The molecule has 0 bridgehead atoms. The van der Waals surface area contributed by atoms with Crippen molar-refractivity contribution in [1.29, 1.82) is 0 Å². The van der Waals surface area contributed by atoms with Crippen molar-refractivity contribution < 1.29 is 0 Å². The van der Waals surface area contributed by atoms with Crippen molar-refractivity contribution in [1.82, 2.24) is 5.32 Å². The first-order chi connectivity index (χ1) is 4.74. The van der Waals surface area contributed by atoms with Crippen molar-refractivity contribution in [2.24, 2.45) is 11.8 Å². The monoisotopic (exact) mass is 141 g/mol. The summed E-state index contributed by atoms with van der Waals surface area (Å²) in [5, 5.41) is 3.37. The summed E-state index contributed by atoms with van der Waals surface area (Å²) in [6.45, 7) is 4.72. The van der Waals surface area contributed by atoms with Gasteiger partial charge in [-0.2, -0.15) is 0 Å². The maximum atomic E-state index is 3.37. The van der Waals surface area contributed by atoms with Gasteiger partial charge in [0.25, 0.3) is 0 Å². The molecule has 0 radical (unpaired) electrons. The maximum Gasteiger partial charge on any atom is 0.00898 e. The summed E-state index contributed by atoms with van der Waals surface area (Å²) in [6, 6.07) is 0.788. The van der Waals surface area contributed by atoms with Gasteiger partial charge in [0, 0.05) is 6.04 Å². The molecule has 1 saturated carbocycles. The average Bonchev–Trinajstić information content (AvgIpc) is 1.88. The zero-order chi connectivity index (χ0) is 7.56. The molecule has 1 nitrogen and oxygen atoms in total. The molecule has 0 spiro atoms. The van der Waals surface area contributed by atoms with Crippen LogP contribution >= 0.6 is 0 Å². The predicted octanol–water partition coefficient (Wildman–Crippen LogP) is 2.03. The molecule has 1 aliphatic carbocycles. The molecule has 0 amide bonds. The fourth-order valence-electron chi connectivity index (χ4n) is 2.09. The maximum absolute atomic E-state index is 3.37. The van der Waals surface area contributed by atoms with Crippen LogP contribution in [0, 0.1) is 11.8 Å². The zero-order valence-corrected chi connectivity index (χ0v) is 7.35. The first kappa shape index (κ1) is 8.06. The number of hydrogen-bond donors (Lipinski definition) is 1. The second kappa shape index (κ2) is 3.38. The molecular formula is C9H19N. The highest BCUT2D eigenvalue weighted by Gasteiger charge is 2.23. The Hall–Kier alpha value is -0.0400. The van der Waals surface area contributed by atoms with Gasteiger partial charge < -0.3 is 5.32 Å². The van der Waals surface area contributed by atoms with Crippen molar-refractivity contribution in [3.05, 3.63) is 0 Å². The lowest BCUT2D eigenvalue weighted by atomic mass is 9.80. The molecule has 0 aliphatic heterocycles. The Bertz CT molecular complexity index is 101. The first-order valence-corrected chi connectivity index (χ1v) is 4.41. The molecule has 0 unspecified atom stereocenters. The van der Waals surface area contributed by atoms with E-state index >= 15 is 0 Å². The molecule has 10 heavy (non-hydrogen) atoms. The summed E-state index contributed by atoms with van der Waals surface area (Å²) >= 11 is 0. The van der Waals surface area contributed by atoms with Gasteiger partial charge in [-0.1, -0.05) is 13.8 Å². The Labute approximate surface area is 64.2 Å². The van der Waals surface area contributed by atoms with Crippen LogP contribution < -0.4 is 5.32 Å². The summed E-state index contributed by atoms with van der Waals surface area (Å²) in [6.07, 6.45) is 4.19. The normalized spacial score (nSPS) is 41.7. The molecule has 3 atom stereocenters. The Morgan fingerprint density at radius 2 is 1.90 bits per heavy atom. The molecule has 1 fully saturated rings. The molecule has 0 saturated heterocycles. The number of rotatable bonds is 1. The zero-order valence-electron chi connectivity index (χ0n) is 7.35. The van der Waals surface area contributed by atoms with Gasteiger partial charge in [0.2, 0.25) is 0 Å². The van der Waals surface area contributed by atoms with Crippen LogP contribution in [-0.4, -0.2) is 13.1 Å². The minimum atomic E-state index is 0.788. The summed E-state index contributed by atoms with van der Waals surface area (Å²) in [5.74, 6) is 1.84. The summed E-state index contributed by atoms with van der Waals surface area (Å²) in [5.41, 5.74) is 0. The average molecular weight is 141 g/mol. The van der Waals surface area contributed by atoms with Crippen LogP contribution in [0.5, 0.6) is 0 Å². The molecule has 1 rings (SSSR count). The standard InChI is InChI=1S/C9H19N/c1-7-4-5-9(10-3)8(2)6-7/h7-10H,4-6H2,1-3H3/t7-,8+,9+/m0/s1. The highest BCUT2D eigenvalue weighted by molar-refractivity contribution is 4.79. The molecule has 1 heteroatoms. The minimum Gasteiger partial charge on any atom is -0.317 e. The molecule has 0 aromatic rings. The van der Waals surface area contributed by atoms with Crippen LogP contribution in [0.2, 0.25) is 0 Å². The van der Waals surface area contributed by atoms with Gasteiger partial charge >= 0.3 is 0 Å². The van der Waals surface area contributed by atoms with E-state index < -0.39 is 0 Å². The lowest BCUT2D eigenvalue weighted by Crippen LogP contribution is -2.36. The van der Waals surface area contributed by atoms with Crippen LogP contribution in [0.3, 0.4) is 0 Å². The third kappa shape index (κ3) is 1.72. The molecule has 1 N–H and O–H groups in total. The van der Waals surface area contributed by atoms with E-state index in [2.05, 4.69) is 26.2 Å². The number of hydrogen-bond acceptors (Lipinski definition) is 1. The van der Waals surface area contributed by atoms with Crippen LogP contribution in [0.4, 0.5) is 0 Å². The fourth-order valence-corrected chi connectivity index (χ4v) is 2.09. The Kier molecular flexibility index (Phi) is 2.72. The number of nitrogens with one attached hydrogen (secondary N) is 1. The van der Waals surface area contributed by atoms with Gasteiger partial charge in [-0.25, -0.2) is 0 Å². The van der Waals surface area contributed by atoms with E-state index in [-0.39, 0.29) is 0 Å². The lowest BCUT2D eigenvalue weighted by Gasteiger charge is -2.32. The first-order valence-electron chi connectivity index (χ1n) is 4.41. The summed E-state index contributed by atoms with van der Waals surface area (Å²) in [7, 11) is 2.08. The Morgan fingerprint density at radius 1 is 1.20 bits per heavy atom. The van der Waals surface area contributed by atoms with Crippen LogP contribution in [0.25, 0.3) is 0 Å². The Balaban J connectivity index is 2.36. The topological polar surface area (TPSA) is 12.0 Å². The summed E-state index contributed by atoms with van der Waals surface area (Å²) in [4.78, 5) is 0. The van der Waals surface area contributed by atoms with Gasteiger partial charge in [0.15, 0.2) is 0 Å². The van der Waals surface area contributed by atoms with Crippen molar-refractivity contribution in [3.63, 3.8) is 0 Å². The molecule has 0 heterocycles. The predicted molar refractivity (Wildman–Crippen MR) is 45.0 cm³/mol. The second-order valence-electron chi connectivity index (χ2n) is 3.79. The molecule has 60 valence electrons. The second-order valence-corrected chi connectivity index (χ2v) is 3.79. The highest BCUT2D eigenvalue weighted by Crippen LogP contribution is 2.27. The fraction of sp³-hybridized carbons (Fsp3) is 1.00. The molecule has 0 aromatic heterocycles. The van der Waals surface area contributed by atoms with Gasteiger partial charge in [-0.05, 0) is 38.1 Å². The van der Waals surface area contributed by atoms with Crippen LogP contribution in [-0.2, 0) is 0 Å². The SMILES string of the molecule is CN[C@@H]1CC[C@H](C)C[C@H]1C. The van der Waals surface area contributed by atoms with Crippen molar-refractivity contribution in [3.8, 4) is 0 Å². The van der Waals surface area contributed by atoms with Crippen molar-refractivity contribution in [2.75, 3.05) is 7.05 Å². The minimum absolute atomic E-state index is 0.788. The smallest absolute Gasteiger partial charge is 0.00898 e. The van der Waals surface area contributed by atoms with E-state index in [1.165, 1.54) is 19.3 Å². The van der Waals surface area contributed by atoms with E-state index in [4.69, 9.17) is 0 Å². The van der Waals surface area contributed by atoms with Crippen molar-refractivity contribution >= 4 is 0 Å². The molecule has 0 aromatic carbocycles. The quantitative estimate of drug-likeness (QED) is 0.589. The third-order valence-electron chi connectivity index (χ3n) is 2.80. The molecular weight excluding hydrogens is 122 g/mol. The highest BCUT2D eigenvalue weighted by atomic mass is 14.9. The van der Waals surface area contributed by atoms with E-state index in [0.717, 1.165) is 17.9 Å². The summed E-state index contributed by atoms with van der Waals surface area (Å²) < 4.78 is 0. The van der Waals surface area contributed by atoms with Crippen LogP contribution in [0.1, 0.15) is 33.1 Å². The van der Waals surface area contributed by atoms with Crippen molar-refractivity contribution in [2.45, 2.75) is 39.2 Å². The van der Waals surface area contributed by atoms with Gasteiger partial charge in [0.05, 0.1) is 0 Å². The van der Waals surface area contributed by atoms with E-state index in [1.54, 1.807) is 0 Å². The van der Waals surface area contributed by atoms with E-state index in [0.29, 0.717) is 0 Å². The largest absolute Gasteiger partial charge is 0.317 e. The Morgan fingerprint density at radius 3 is 2.40 bits per heavy atom. The van der Waals surface area contributed by atoms with Gasteiger partial charge in [-0.15, -0.1) is 0 Å². The van der Waals surface area contributed by atoms with E-state index in [1.807, 2.05) is 0 Å². The third-order valence-corrected chi connectivity index (χ3v) is 2.80. The molecule has 1 aliphatic rings. The lowest BCUT2D eigenvalue weighted by molar-refractivity contribution is 0.237. The van der Waals surface area contributed by atoms with Gasteiger partial charge in [0.1, 0.15) is 0 Å². The van der Waals surface area contributed by atoms with E-state index in [9.17, 15) is 0 Å². The van der Waals surface area contributed by atoms with Gasteiger partial charge in [-0.3, -0.25) is 0 Å². The van der Waals surface area contributed by atoms with Crippen LogP contribution in [0.15, 0.2) is 0 Å².